The number of likely N-dealkylation sites (N-methyl/N-ethyl adjacent to an activating group) is 1. The zero-order valence-corrected chi connectivity index (χ0v) is 21.5. The van der Waals surface area contributed by atoms with Gasteiger partial charge in [0.1, 0.15) is 6.04 Å². The molecule has 2 saturated heterocycles. The lowest BCUT2D eigenvalue weighted by molar-refractivity contribution is -0.144. The first-order chi connectivity index (χ1) is 16.7. The zero-order valence-electron chi connectivity index (χ0n) is 20.8. The van der Waals surface area contributed by atoms with Gasteiger partial charge in [-0.3, -0.25) is 9.59 Å². The number of hydrogen-bond acceptors (Lipinski definition) is 5. The van der Waals surface area contributed by atoms with Gasteiger partial charge in [-0.25, -0.2) is 4.79 Å². The SMILES string of the molecule is CN(C)C(=O)C(CCN1CCC2(CC2)C(O)C1)N1CCN(C(=O)NC2=CC(Cl)CC=C2)CCC1=O. The van der Waals surface area contributed by atoms with Gasteiger partial charge >= 0.3 is 6.03 Å². The minimum absolute atomic E-state index is 0.113. The molecule has 9 nitrogen and oxygen atoms in total. The molecule has 0 aromatic carbocycles. The number of halogens is 1. The Hall–Kier alpha value is -2.10. The molecular weight excluding hydrogens is 470 g/mol. The van der Waals surface area contributed by atoms with Gasteiger partial charge in [0.05, 0.1) is 11.5 Å². The maximum absolute atomic E-state index is 13.1. The number of aliphatic hydroxyl groups excluding tert-OH is 1. The quantitative estimate of drug-likeness (QED) is 0.529. The van der Waals surface area contributed by atoms with Crippen molar-refractivity contribution in [1.29, 1.82) is 0 Å². The summed E-state index contributed by atoms with van der Waals surface area (Å²) < 4.78 is 0. The Morgan fingerprint density at radius 1 is 1.23 bits per heavy atom. The number of rotatable bonds is 6. The number of amides is 4. The number of nitrogens with zero attached hydrogens (tertiary/aromatic N) is 4. The van der Waals surface area contributed by atoms with E-state index in [0.29, 0.717) is 44.8 Å². The van der Waals surface area contributed by atoms with E-state index in [2.05, 4.69) is 10.2 Å². The molecule has 4 aliphatic rings. The van der Waals surface area contributed by atoms with E-state index in [1.165, 1.54) is 4.90 Å². The molecule has 1 saturated carbocycles. The van der Waals surface area contributed by atoms with Gasteiger partial charge in [0.2, 0.25) is 11.8 Å². The molecule has 194 valence electrons. The fourth-order valence-corrected chi connectivity index (χ4v) is 5.58. The van der Waals surface area contributed by atoms with E-state index < -0.39 is 6.04 Å². The molecule has 35 heavy (non-hydrogen) atoms. The summed E-state index contributed by atoms with van der Waals surface area (Å²) in [5, 5.41) is 13.3. The van der Waals surface area contributed by atoms with Gasteiger partial charge in [-0.2, -0.15) is 0 Å². The minimum Gasteiger partial charge on any atom is -0.391 e. The Morgan fingerprint density at radius 3 is 2.66 bits per heavy atom. The second kappa shape index (κ2) is 10.9. The van der Waals surface area contributed by atoms with E-state index >= 15 is 0 Å². The van der Waals surface area contributed by atoms with E-state index in [1.54, 1.807) is 23.9 Å². The highest BCUT2D eigenvalue weighted by atomic mass is 35.5. The molecule has 3 unspecified atom stereocenters. The summed E-state index contributed by atoms with van der Waals surface area (Å²) in [7, 11) is 3.41. The van der Waals surface area contributed by atoms with E-state index in [4.69, 9.17) is 11.6 Å². The normalized spacial score (nSPS) is 27.3. The number of hydrogen-bond donors (Lipinski definition) is 2. The van der Waals surface area contributed by atoms with Gasteiger partial charge in [-0.15, -0.1) is 11.6 Å². The van der Waals surface area contributed by atoms with Crippen molar-refractivity contribution in [3.8, 4) is 0 Å². The number of alkyl halides is 1. The Labute approximate surface area is 212 Å². The van der Waals surface area contributed by atoms with Gasteiger partial charge in [-0.1, -0.05) is 6.08 Å². The van der Waals surface area contributed by atoms with Crippen LogP contribution in [0.15, 0.2) is 23.9 Å². The highest BCUT2D eigenvalue weighted by molar-refractivity contribution is 6.22. The second-order valence-corrected chi connectivity index (χ2v) is 11.1. The van der Waals surface area contributed by atoms with Crippen molar-refractivity contribution >= 4 is 29.4 Å². The molecule has 0 radical (unpaired) electrons. The summed E-state index contributed by atoms with van der Waals surface area (Å²) in [6.07, 6.45) is 9.86. The van der Waals surface area contributed by atoms with Crippen LogP contribution in [0.1, 0.15) is 38.5 Å². The van der Waals surface area contributed by atoms with Crippen molar-refractivity contribution in [2.24, 2.45) is 5.41 Å². The molecule has 2 aliphatic heterocycles. The average molecular weight is 508 g/mol. The fourth-order valence-electron chi connectivity index (χ4n) is 5.34. The number of carbonyl (C=O) groups excluding carboxylic acids is 3. The number of likely N-dealkylation sites (tertiary alicyclic amines) is 1. The summed E-state index contributed by atoms with van der Waals surface area (Å²) in [5.41, 5.74) is 0.792. The van der Waals surface area contributed by atoms with E-state index in [1.807, 2.05) is 18.2 Å². The van der Waals surface area contributed by atoms with Crippen LogP contribution < -0.4 is 5.32 Å². The molecule has 10 heteroatoms. The maximum atomic E-state index is 13.1. The number of carbonyl (C=O) groups is 3. The first-order valence-corrected chi connectivity index (χ1v) is 13.1. The average Bonchev–Trinajstić information content (AvgIpc) is 3.62. The molecule has 2 aliphatic carbocycles. The van der Waals surface area contributed by atoms with Crippen LogP contribution in [0.3, 0.4) is 0 Å². The Balaban J connectivity index is 1.37. The highest BCUT2D eigenvalue weighted by Crippen LogP contribution is 2.53. The Bertz CT molecular complexity index is 887. The number of nitrogens with one attached hydrogen (secondary N) is 1. The van der Waals surface area contributed by atoms with Crippen molar-refractivity contribution in [2.75, 3.05) is 53.4 Å². The molecule has 4 amide bonds. The molecule has 2 N–H and O–H groups in total. The second-order valence-electron chi connectivity index (χ2n) is 10.5. The van der Waals surface area contributed by atoms with Crippen LogP contribution in [0.5, 0.6) is 0 Å². The number of aliphatic hydroxyl groups is 1. The third-order valence-electron chi connectivity index (χ3n) is 7.86. The molecule has 3 fully saturated rings. The van der Waals surface area contributed by atoms with Crippen LogP contribution in [0, 0.1) is 5.41 Å². The Kier molecular flexibility index (Phi) is 8.08. The van der Waals surface area contributed by atoms with Crippen molar-refractivity contribution in [1.82, 2.24) is 24.9 Å². The molecule has 0 bridgehead atoms. The van der Waals surface area contributed by atoms with Crippen molar-refractivity contribution < 1.29 is 19.5 Å². The number of β-amino-alcohol motifs (C(OH)–C–C–N with tert-alkyl or cyclic N) is 1. The van der Waals surface area contributed by atoms with Crippen LogP contribution in [0.25, 0.3) is 0 Å². The summed E-state index contributed by atoms with van der Waals surface area (Å²) in [5.74, 6) is -0.230. The van der Waals surface area contributed by atoms with Crippen LogP contribution >= 0.6 is 11.6 Å². The lowest BCUT2D eigenvalue weighted by Crippen LogP contribution is -2.52. The molecular formula is C25H38ClN5O4. The highest BCUT2D eigenvalue weighted by Gasteiger charge is 2.51. The van der Waals surface area contributed by atoms with Gasteiger partial charge < -0.3 is 30.0 Å². The third kappa shape index (κ3) is 6.19. The van der Waals surface area contributed by atoms with Crippen molar-refractivity contribution in [3.63, 3.8) is 0 Å². The summed E-state index contributed by atoms with van der Waals surface area (Å²) in [6, 6.07) is -0.858. The van der Waals surface area contributed by atoms with Crippen molar-refractivity contribution in [3.05, 3.63) is 23.9 Å². The van der Waals surface area contributed by atoms with Crippen LogP contribution in [0.4, 0.5) is 4.79 Å². The molecule has 4 rings (SSSR count). The molecule has 0 aromatic heterocycles. The monoisotopic (exact) mass is 507 g/mol. The summed E-state index contributed by atoms with van der Waals surface area (Å²) >= 11 is 6.15. The predicted molar refractivity (Wildman–Crippen MR) is 134 cm³/mol. The van der Waals surface area contributed by atoms with Gasteiger partial charge in [0.15, 0.2) is 0 Å². The zero-order chi connectivity index (χ0) is 25.2. The first-order valence-electron chi connectivity index (χ1n) is 12.7. The molecule has 1 spiro atoms. The van der Waals surface area contributed by atoms with Gasteiger partial charge in [-0.05, 0) is 56.2 Å². The summed E-state index contributed by atoms with van der Waals surface area (Å²) in [4.78, 5) is 46.0. The number of piperidine rings is 1. The van der Waals surface area contributed by atoms with Crippen molar-refractivity contribution in [2.45, 2.75) is 56.0 Å². The maximum Gasteiger partial charge on any atom is 0.321 e. The standard InChI is InChI=1S/C25H38ClN5O4/c1-28(2)23(34)20(6-11-29-13-10-25(8-9-25)21(32)17-29)31-15-14-30(12-7-22(31)33)24(35)27-19-5-3-4-18(26)16-19/h3,5,16,18,20-21,32H,4,6-15,17H2,1-2H3,(H,27,35). The summed E-state index contributed by atoms with van der Waals surface area (Å²) in [6.45, 7) is 3.13. The van der Waals surface area contributed by atoms with Crippen LogP contribution in [-0.4, -0.2) is 113 Å². The number of urea groups is 1. The fraction of sp³-hybridized carbons (Fsp3) is 0.720. The Morgan fingerprint density at radius 2 is 2.00 bits per heavy atom. The minimum atomic E-state index is -0.588. The molecule has 2 heterocycles. The van der Waals surface area contributed by atoms with E-state index in [9.17, 15) is 19.5 Å². The third-order valence-corrected chi connectivity index (χ3v) is 8.17. The lowest BCUT2D eigenvalue weighted by atomic mass is 9.90. The van der Waals surface area contributed by atoms with E-state index in [0.717, 1.165) is 32.2 Å². The topological polar surface area (TPSA) is 96.4 Å². The smallest absolute Gasteiger partial charge is 0.321 e. The predicted octanol–water partition coefficient (Wildman–Crippen LogP) is 1.38. The lowest BCUT2D eigenvalue weighted by Gasteiger charge is -2.38. The van der Waals surface area contributed by atoms with Crippen LogP contribution in [-0.2, 0) is 9.59 Å². The van der Waals surface area contributed by atoms with Crippen LogP contribution in [0.2, 0.25) is 0 Å². The van der Waals surface area contributed by atoms with Gasteiger partial charge in [0.25, 0.3) is 0 Å². The first kappa shape index (κ1) is 26.0. The molecule has 0 aromatic rings. The van der Waals surface area contributed by atoms with E-state index in [-0.39, 0.29) is 41.2 Å². The van der Waals surface area contributed by atoms with Gasteiger partial charge in [0, 0.05) is 58.9 Å². The molecule has 3 atom stereocenters. The largest absolute Gasteiger partial charge is 0.391 e. The number of allylic oxidation sites excluding steroid dienone is 3.